The van der Waals surface area contributed by atoms with Crippen molar-refractivity contribution < 1.29 is 13.0 Å². The molecule has 0 radical (unpaired) electrons. The molecule has 0 amide bonds. The minimum atomic E-state index is -4.02. The number of hydrogen-bond donors (Lipinski definition) is 2. The molecule has 1 saturated heterocycles. The molecule has 110 valence electrons. The summed E-state index contributed by atoms with van der Waals surface area (Å²) in [7, 11) is -4.02. The van der Waals surface area contributed by atoms with Crippen molar-refractivity contribution in [1.29, 1.82) is 0 Å². The van der Waals surface area contributed by atoms with E-state index in [1.807, 2.05) is 6.92 Å². The number of allylic oxidation sites excluding steroid dienone is 1. The number of hydrogen-bond acceptors (Lipinski definition) is 4. The summed E-state index contributed by atoms with van der Waals surface area (Å²) in [6.45, 7) is 5.28. The summed E-state index contributed by atoms with van der Waals surface area (Å²) in [5.41, 5.74) is 2.47. The lowest BCUT2D eigenvalue weighted by atomic mass is 10.2. The van der Waals surface area contributed by atoms with Crippen LogP contribution in [0.25, 0.3) is 0 Å². The maximum atomic E-state index is 10.5. The van der Waals surface area contributed by atoms with E-state index in [0.29, 0.717) is 0 Å². The maximum absolute atomic E-state index is 10.5. The minimum absolute atomic E-state index is 0.0666. The predicted octanol–water partition coefficient (Wildman–Crippen LogP) is 1.77. The molecule has 2 aliphatic heterocycles. The lowest BCUT2D eigenvalue weighted by Gasteiger charge is -2.22. The number of nitrogens with zero attached hydrogens (tertiary/aromatic N) is 1. The second-order valence-electron chi connectivity index (χ2n) is 4.97. The van der Waals surface area contributed by atoms with Gasteiger partial charge in [-0.3, -0.25) is 9.87 Å². The van der Waals surface area contributed by atoms with Crippen LogP contribution in [-0.2, 0) is 10.1 Å². The molecule has 1 aromatic carbocycles. The third kappa shape index (κ3) is 4.06. The highest BCUT2D eigenvalue weighted by atomic mass is 32.2. The predicted molar refractivity (Wildman–Crippen MR) is 77.9 cm³/mol. The SMILES string of the molecule is C1=C2CNCN2CCC1.Cc1ccc(S(=O)(=O)O)cc1. The molecule has 5 nitrogen and oxygen atoms in total. The monoisotopic (exact) mass is 296 g/mol. The fraction of sp³-hybridized carbons (Fsp3) is 0.429. The van der Waals surface area contributed by atoms with Gasteiger partial charge in [0.05, 0.1) is 11.6 Å². The molecule has 2 heterocycles. The lowest BCUT2D eigenvalue weighted by molar-refractivity contribution is 0.360. The molecule has 0 aromatic heterocycles. The first-order valence-electron chi connectivity index (χ1n) is 6.66. The van der Waals surface area contributed by atoms with Crippen LogP contribution in [0.5, 0.6) is 0 Å². The molecule has 1 aromatic rings. The Kier molecular flexibility index (Phi) is 4.80. The first-order valence-corrected chi connectivity index (χ1v) is 8.10. The Hall–Kier alpha value is -1.37. The van der Waals surface area contributed by atoms with Crippen molar-refractivity contribution in [2.45, 2.75) is 24.7 Å². The topological polar surface area (TPSA) is 69.6 Å². The number of fused-ring (bicyclic) bond motifs is 1. The summed E-state index contributed by atoms with van der Waals surface area (Å²) in [6, 6.07) is 5.99. The van der Waals surface area contributed by atoms with Crippen LogP contribution in [-0.4, -0.2) is 37.6 Å². The highest BCUT2D eigenvalue weighted by Gasteiger charge is 2.17. The zero-order valence-corrected chi connectivity index (χ0v) is 12.4. The second kappa shape index (κ2) is 6.39. The van der Waals surface area contributed by atoms with Crippen LogP contribution in [0, 0.1) is 6.92 Å². The van der Waals surface area contributed by atoms with E-state index in [1.165, 1.54) is 37.2 Å². The molecule has 0 spiro atoms. The highest BCUT2D eigenvalue weighted by molar-refractivity contribution is 7.85. The molecular formula is C14H20N2O3S. The molecule has 1 fully saturated rings. The fourth-order valence-corrected chi connectivity index (χ4v) is 2.70. The third-order valence-corrected chi connectivity index (χ3v) is 4.21. The molecule has 0 aliphatic carbocycles. The van der Waals surface area contributed by atoms with Gasteiger partial charge in [0.15, 0.2) is 0 Å². The van der Waals surface area contributed by atoms with Crippen molar-refractivity contribution in [2.24, 2.45) is 0 Å². The van der Waals surface area contributed by atoms with E-state index in [1.54, 1.807) is 12.1 Å². The molecule has 2 aliphatic rings. The summed E-state index contributed by atoms with van der Waals surface area (Å²) < 4.78 is 29.6. The van der Waals surface area contributed by atoms with Crippen LogP contribution in [0.15, 0.2) is 40.9 Å². The van der Waals surface area contributed by atoms with Crippen molar-refractivity contribution in [1.82, 2.24) is 10.2 Å². The Balaban J connectivity index is 0.000000149. The standard InChI is InChI=1S/C7H12N2.C7H8O3S/c1-2-4-9-6-8-5-7(9)3-1;1-6-2-4-7(5-3-6)11(8,9)10/h3,8H,1-2,4-6H2;2-5H,1H3,(H,8,9,10). The zero-order chi connectivity index (χ0) is 14.6. The molecule has 0 unspecified atom stereocenters. The van der Waals surface area contributed by atoms with Gasteiger partial charge in [-0.2, -0.15) is 8.42 Å². The zero-order valence-electron chi connectivity index (χ0n) is 11.5. The third-order valence-electron chi connectivity index (χ3n) is 3.35. The minimum Gasteiger partial charge on any atom is -0.361 e. The van der Waals surface area contributed by atoms with Gasteiger partial charge < -0.3 is 4.90 Å². The highest BCUT2D eigenvalue weighted by Crippen LogP contribution is 2.15. The van der Waals surface area contributed by atoms with Crippen LogP contribution >= 0.6 is 0 Å². The normalized spacial score (nSPS) is 17.9. The van der Waals surface area contributed by atoms with Crippen LogP contribution in [0.1, 0.15) is 18.4 Å². The van der Waals surface area contributed by atoms with E-state index in [4.69, 9.17) is 4.55 Å². The van der Waals surface area contributed by atoms with Crippen molar-refractivity contribution in [3.8, 4) is 0 Å². The number of rotatable bonds is 1. The van der Waals surface area contributed by atoms with Crippen LogP contribution in [0.4, 0.5) is 0 Å². The summed E-state index contributed by atoms with van der Waals surface area (Å²) in [6.07, 6.45) is 4.97. The average Bonchev–Trinajstić information content (AvgIpc) is 2.87. The lowest BCUT2D eigenvalue weighted by Crippen LogP contribution is -2.24. The fourth-order valence-electron chi connectivity index (χ4n) is 2.22. The summed E-state index contributed by atoms with van der Waals surface area (Å²) >= 11 is 0. The summed E-state index contributed by atoms with van der Waals surface area (Å²) in [5, 5.41) is 3.32. The van der Waals surface area contributed by atoms with Gasteiger partial charge in [-0.15, -0.1) is 0 Å². The van der Waals surface area contributed by atoms with E-state index < -0.39 is 10.1 Å². The molecule has 0 saturated carbocycles. The van der Waals surface area contributed by atoms with Crippen LogP contribution in [0.3, 0.4) is 0 Å². The molecule has 20 heavy (non-hydrogen) atoms. The van der Waals surface area contributed by atoms with Gasteiger partial charge in [0, 0.05) is 18.8 Å². The Labute approximate surface area is 120 Å². The summed E-state index contributed by atoms with van der Waals surface area (Å²) in [4.78, 5) is 2.35. The molecular weight excluding hydrogens is 276 g/mol. The van der Waals surface area contributed by atoms with Crippen molar-refractivity contribution in [3.63, 3.8) is 0 Å². The van der Waals surface area contributed by atoms with Crippen LogP contribution < -0.4 is 5.32 Å². The average molecular weight is 296 g/mol. The number of benzene rings is 1. The van der Waals surface area contributed by atoms with Gasteiger partial charge in [0.25, 0.3) is 10.1 Å². The molecule has 0 bridgehead atoms. The quantitative estimate of drug-likeness (QED) is 0.773. The first-order chi connectivity index (χ1) is 9.47. The van der Waals surface area contributed by atoms with Gasteiger partial charge in [0.1, 0.15) is 0 Å². The van der Waals surface area contributed by atoms with E-state index in [9.17, 15) is 8.42 Å². The maximum Gasteiger partial charge on any atom is 0.294 e. The van der Waals surface area contributed by atoms with Gasteiger partial charge in [-0.1, -0.05) is 23.8 Å². The Bertz CT molecular complexity index is 579. The Morgan fingerprint density at radius 2 is 1.95 bits per heavy atom. The first kappa shape index (κ1) is 15.0. The van der Waals surface area contributed by atoms with Crippen LogP contribution in [0.2, 0.25) is 0 Å². The van der Waals surface area contributed by atoms with Gasteiger partial charge in [0.2, 0.25) is 0 Å². The molecule has 2 N–H and O–H groups in total. The largest absolute Gasteiger partial charge is 0.361 e. The smallest absolute Gasteiger partial charge is 0.294 e. The van der Waals surface area contributed by atoms with Gasteiger partial charge in [-0.25, -0.2) is 0 Å². The summed E-state index contributed by atoms with van der Waals surface area (Å²) in [5.74, 6) is 0. The van der Waals surface area contributed by atoms with E-state index >= 15 is 0 Å². The molecule has 3 rings (SSSR count). The van der Waals surface area contributed by atoms with E-state index in [2.05, 4.69) is 16.3 Å². The van der Waals surface area contributed by atoms with Gasteiger partial charge >= 0.3 is 0 Å². The van der Waals surface area contributed by atoms with E-state index in [-0.39, 0.29) is 4.90 Å². The number of nitrogens with one attached hydrogen (secondary N) is 1. The second-order valence-corrected chi connectivity index (χ2v) is 6.40. The van der Waals surface area contributed by atoms with E-state index in [0.717, 1.165) is 18.8 Å². The van der Waals surface area contributed by atoms with Crippen molar-refractivity contribution in [2.75, 3.05) is 19.8 Å². The van der Waals surface area contributed by atoms with Crippen molar-refractivity contribution in [3.05, 3.63) is 41.6 Å². The Morgan fingerprint density at radius 3 is 2.55 bits per heavy atom. The van der Waals surface area contributed by atoms with Crippen molar-refractivity contribution >= 4 is 10.1 Å². The number of aryl methyl sites for hydroxylation is 1. The Morgan fingerprint density at radius 1 is 1.25 bits per heavy atom. The molecule has 0 atom stereocenters. The van der Waals surface area contributed by atoms with Gasteiger partial charge in [-0.05, 0) is 31.9 Å². The molecule has 6 heteroatoms.